The molecule has 0 aliphatic heterocycles. The molecule has 0 atom stereocenters. The summed E-state index contributed by atoms with van der Waals surface area (Å²) < 4.78 is 5.12. The monoisotopic (exact) mass is 232 g/mol. The summed E-state index contributed by atoms with van der Waals surface area (Å²) in [5, 5.41) is 8.41. The third-order valence-electron chi connectivity index (χ3n) is 2.32. The number of nitriles is 1. The van der Waals surface area contributed by atoms with E-state index in [1.807, 2.05) is 37.3 Å². The molecule has 1 aromatic rings. The number of rotatable bonds is 4. The number of carbonyl (C=O) groups is 1. The van der Waals surface area contributed by atoms with Gasteiger partial charge in [0.15, 0.2) is 0 Å². The number of ether oxygens (including phenoxy) is 1. The smallest absolute Gasteiger partial charge is 0.409 e. The van der Waals surface area contributed by atoms with Gasteiger partial charge in [0.2, 0.25) is 0 Å². The molecule has 0 aliphatic rings. The summed E-state index contributed by atoms with van der Waals surface area (Å²) >= 11 is 0. The highest BCUT2D eigenvalue weighted by atomic mass is 16.6. The Morgan fingerprint density at radius 1 is 1.53 bits per heavy atom. The Bertz CT molecular complexity index is 424. The molecule has 0 spiro atoms. The molecule has 0 saturated heterocycles. The second-order valence-electron chi connectivity index (χ2n) is 3.87. The van der Waals surface area contributed by atoms with Crippen LogP contribution in [0.1, 0.15) is 17.5 Å². The Morgan fingerprint density at radius 2 is 2.29 bits per heavy atom. The molecule has 0 N–H and O–H groups in total. The molecule has 4 heteroatoms. The molecule has 0 bridgehead atoms. The van der Waals surface area contributed by atoms with Crippen molar-refractivity contribution in [2.45, 2.75) is 20.0 Å². The van der Waals surface area contributed by atoms with E-state index in [2.05, 4.69) is 0 Å². The van der Waals surface area contributed by atoms with Crippen molar-refractivity contribution in [1.29, 1.82) is 5.26 Å². The van der Waals surface area contributed by atoms with Gasteiger partial charge in [-0.1, -0.05) is 29.8 Å². The summed E-state index contributed by atoms with van der Waals surface area (Å²) in [6.07, 6.45) is -0.0856. The fourth-order valence-electron chi connectivity index (χ4n) is 1.37. The van der Waals surface area contributed by atoms with Crippen molar-refractivity contribution in [3.8, 4) is 6.07 Å². The first-order chi connectivity index (χ1) is 8.13. The summed E-state index contributed by atoms with van der Waals surface area (Å²) in [4.78, 5) is 12.9. The van der Waals surface area contributed by atoms with Crippen molar-refractivity contribution in [3.05, 3.63) is 35.4 Å². The maximum atomic E-state index is 11.5. The number of hydrogen-bond donors (Lipinski definition) is 0. The average Bonchev–Trinajstić information content (AvgIpc) is 2.33. The van der Waals surface area contributed by atoms with Crippen LogP contribution in [0.3, 0.4) is 0 Å². The minimum Gasteiger partial charge on any atom is -0.445 e. The van der Waals surface area contributed by atoms with Crippen molar-refractivity contribution in [2.75, 3.05) is 13.6 Å². The molecular weight excluding hydrogens is 216 g/mol. The molecule has 0 radical (unpaired) electrons. The molecule has 4 nitrogen and oxygen atoms in total. The zero-order chi connectivity index (χ0) is 12.7. The molecule has 0 heterocycles. The zero-order valence-corrected chi connectivity index (χ0v) is 10.1. The maximum absolute atomic E-state index is 11.5. The van der Waals surface area contributed by atoms with Crippen LogP contribution in [0, 0.1) is 18.3 Å². The second-order valence-corrected chi connectivity index (χ2v) is 3.87. The Hall–Kier alpha value is -2.02. The van der Waals surface area contributed by atoms with E-state index in [9.17, 15) is 4.79 Å². The van der Waals surface area contributed by atoms with E-state index in [0.717, 1.165) is 11.1 Å². The molecule has 0 saturated carbocycles. The minimum absolute atomic E-state index is 0.261. The van der Waals surface area contributed by atoms with E-state index in [-0.39, 0.29) is 6.61 Å². The lowest BCUT2D eigenvalue weighted by Crippen LogP contribution is -2.28. The number of aryl methyl sites for hydroxylation is 1. The van der Waals surface area contributed by atoms with Gasteiger partial charge in [-0.2, -0.15) is 5.26 Å². The first-order valence-corrected chi connectivity index (χ1v) is 5.44. The molecule has 0 aromatic heterocycles. The molecule has 0 unspecified atom stereocenters. The number of hydrogen-bond acceptors (Lipinski definition) is 3. The number of nitrogens with zero attached hydrogens (tertiary/aromatic N) is 2. The first kappa shape index (κ1) is 13.0. The van der Waals surface area contributed by atoms with Crippen LogP contribution in [0.15, 0.2) is 24.3 Å². The van der Waals surface area contributed by atoms with Crippen LogP contribution < -0.4 is 0 Å². The maximum Gasteiger partial charge on any atom is 0.409 e. The van der Waals surface area contributed by atoms with Crippen LogP contribution in [-0.4, -0.2) is 24.6 Å². The van der Waals surface area contributed by atoms with Crippen molar-refractivity contribution >= 4 is 6.09 Å². The van der Waals surface area contributed by atoms with Gasteiger partial charge < -0.3 is 9.64 Å². The highest BCUT2D eigenvalue weighted by Gasteiger charge is 2.09. The van der Waals surface area contributed by atoms with Crippen LogP contribution in [0.5, 0.6) is 0 Å². The summed E-state index contributed by atoms with van der Waals surface area (Å²) in [5.41, 5.74) is 2.10. The van der Waals surface area contributed by atoms with E-state index in [0.29, 0.717) is 13.0 Å². The van der Waals surface area contributed by atoms with Gasteiger partial charge in [-0.15, -0.1) is 0 Å². The Kier molecular flexibility index (Phi) is 5.02. The highest BCUT2D eigenvalue weighted by Crippen LogP contribution is 2.06. The van der Waals surface area contributed by atoms with Crippen LogP contribution in [0.2, 0.25) is 0 Å². The predicted molar refractivity (Wildman–Crippen MR) is 64.2 cm³/mol. The van der Waals surface area contributed by atoms with Crippen molar-refractivity contribution in [1.82, 2.24) is 4.90 Å². The van der Waals surface area contributed by atoms with E-state index in [4.69, 9.17) is 10.00 Å². The average molecular weight is 232 g/mol. The van der Waals surface area contributed by atoms with E-state index in [1.165, 1.54) is 4.90 Å². The standard InChI is InChI=1S/C13H16N2O2/c1-11-5-3-6-12(9-11)10-17-13(16)15(2)8-4-7-14/h3,5-6,9H,4,8,10H2,1-2H3. The van der Waals surface area contributed by atoms with Crippen LogP contribution in [-0.2, 0) is 11.3 Å². The van der Waals surface area contributed by atoms with Gasteiger partial charge in [-0.05, 0) is 12.5 Å². The number of amides is 1. The predicted octanol–water partition coefficient (Wildman–Crippen LogP) is 2.48. The van der Waals surface area contributed by atoms with Gasteiger partial charge in [0.1, 0.15) is 6.61 Å². The van der Waals surface area contributed by atoms with Crippen molar-refractivity contribution in [2.24, 2.45) is 0 Å². The fraction of sp³-hybridized carbons (Fsp3) is 0.385. The lowest BCUT2D eigenvalue weighted by molar-refractivity contribution is 0.105. The SMILES string of the molecule is Cc1cccc(COC(=O)N(C)CCC#N)c1. The Morgan fingerprint density at radius 3 is 2.94 bits per heavy atom. The van der Waals surface area contributed by atoms with Gasteiger partial charge in [0.05, 0.1) is 12.5 Å². The van der Waals surface area contributed by atoms with Gasteiger partial charge in [0.25, 0.3) is 0 Å². The summed E-state index contributed by atoms with van der Waals surface area (Å²) in [6.45, 7) is 2.64. The van der Waals surface area contributed by atoms with E-state index < -0.39 is 6.09 Å². The summed E-state index contributed by atoms with van der Waals surface area (Å²) in [5.74, 6) is 0. The molecule has 0 aliphatic carbocycles. The van der Waals surface area contributed by atoms with E-state index in [1.54, 1.807) is 7.05 Å². The minimum atomic E-state index is -0.401. The number of benzene rings is 1. The molecular formula is C13H16N2O2. The first-order valence-electron chi connectivity index (χ1n) is 5.44. The van der Waals surface area contributed by atoms with Gasteiger partial charge >= 0.3 is 6.09 Å². The van der Waals surface area contributed by atoms with Crippen molar-refractivity contribution in [3.63, 3.8) is 0 Å². The fourth-order valence-corrected chi connectivity index (χ4v) is 1.37. The topological polar surface area (TPSA) is 53.3 Å². The molecule has 1 rings (SSSR count). The van der Waals surface area contributed by atoms with Gasteiger partial charge in [-0.3, -0.25) is 0 Å². The summed E-state index contributed by atoms with van der Waals surface area (Å²) in [6, 6.07) is 9.79. The lowest BCUT2D eigenvalue weighted by Gasteiger charge is -2.15. The van der Waals surface area contributed by atoms with Crippen molar-refractivity contribution < 1.29 is 9.53 Å². The largest absolute Gasteiger partial charge is 0.445 e. The molecule has 1 amide bonds. The van der Waals surface area contributed by atoms with Crippen LogP contribution in [0.4, 0.5) is 4.79 Å². The molecule has 17 heavy (non-hydrogen) atoms. The third kappa shape index (κ3) is 4.56. The molecule has 1 aromatic carbocycles. The molecule has 90 valence electrons. The van der Waals surface area contributed by atoms with Gasteiger partial charge in [-0.25, -0.2) is 4.79 Å². The zero-order valence-electron chi connectivity index (χ0n) is 10.1. The van der Waals surface area contributed by atoms with Gasteiger partial charge in [0, 0.05) is 13.6 Å². The lowest BCUT2D eigenvalue weighted by atomic mass is 10.1. The second kappa shape index (κ2) is 6.54. The third-order valence-corrected chi connectivity index (χ3v) is 2.32. The Labute approximate surface area is 101 Å². The van der Waals surface area contributed by atoms with E-state index >= 15 is 0 Å². The normalized spacial score (nSPS) is 9.47. The highest BCUT2D eigenvalue weighted by molar-refractivity contribution is 5.67. The molecule has 0 fully saturated rings. The summed E-state index contributed by atoms with van der Waals surface area (Å²) in [7, 11) is 1.62. The number of carbonyl (C=O) groups excluding carboxylic acids is 1. The quantitative estimate of drug-likeness (QED) is 0.801. The Balaban J connectivity index is 2.40. The van der Waals surface area contributed by atoms with Crippen LogP contribution >= 0.6 is 0 Å². The van der Waals surface area contributed by atoms with Crippen LogP contribution in [0.25, 0.3) is 0 Å².